The fourth-order valence-corrected chi connectivity index (χ4v) is 3.69. The van der Waals surface area contributed by atoms with Crippen LogP contribution in [0.5, 0.6) is 0 Å². The lowest BCUT2D eigenvalue weighted by Crippen LogP contribution is -2.31. The minimum absolute atomic E-state index is 0.112. The van der Waals surface area contributed by atoms with Crippen LogP contribution in [0.4, 0.5) is 14.5 Å². The van der Waals surface area contributed by atoms with Crippen LogP contribution >= 0.6 is 0 Å². The molecule has 0 amide bonds. The maximum absolute atomic E-state index is 13.8. The lowest BCUT2D eigenvalue weighted by Gasteiger charge is -2.28. The number of nitrogens with zero attached hydrogens (tertiary/aromatic N) is 3. The summed E-state index contributed by atoms with van der Waals surface area (Å²) in [7, 11) is 1.84. The average molecular weight is 333 g/mol. The molecule has 1 aromatic heterocycles. The van der Waals surface area contributed by atoms with Crippen molar-refractivity contribution < 1.29 is 8.78 Å². The Morgan fingerprint density at radius 3 is 2.58 bits per heavy atom. The van der Waals surface area contributed by atoms with Gasteiger partial charge in [-0.15, -0.1) is 0 Å². The number of fused-ring (bicyclic) bond motifs is 1. The first-order chi connectivity index (χ1) is 11.4. The highest BCUT2D eigenvalue weighted by molar-refractivity contribution is 5.75. The van der Waals surface area contributed by atoms with E-state index in [-0.39, 0.29) is 5.56 Å². The molecule has 0 saturated heterocycles. The molecule has 0 saturated carbocycles. The topological polar surface area (TPSA) is 21.1 Å². The van der Waals surface area contributed by atoms with E-state index in [0.717, 1.165) is 42.8 Å². The SMILES string of the molecule is CCCC(C)N1CCc2cc(-c3cnn(C)c3C)c(C(F)F)cc21. The Bertz CT molecular complexity index is 736. The summed E-state index contributed by atoms with van der Waals surface area (Å²) in [5.74, 6) is 0. The Labute approximate surface area is 142 Å². The molecule has 2 heterocycles. The number of rotatable bonds is 5. The number of aryl methyl sites for hydroxylation is 1. The van der Waals surface area contributed by atoms with Crippen LogP contribution in [-0.4, -0.2) is 22.4 Å². The molecule has 0 spiro atoms. The summed E-state index contributed by atoms with van der Waals surface area (Å²) in [6.45, 7) is 7.17. The van der Waals surface area contributed by atoms with Crippen molar-refractivity contribution in [1.29, 1.82) is 0 Å². The molecule has 0 fully saturated rings. The Balaban J connectivity index is 2.09. The summed E-state index contributed by atoms with van der Waals surface area (Å²) < 4.78 is 29.2. The molecule has 1 atom stereocenters. The van der Waals surface area contributed by atoms with E-state index in [2.05, 4.69) is 23.8 Å². The second-order valence-corrected chi connectivity index (χ2v) is 6.72. The minimum atomic E-state index is -2.49. The van der Waals surface area contributed by atoms with Crippen LogP contribution in [-0.2, 0) is 13.5 Å². The van der Waals surface area contributed by atoms with Crippen LogP contribution in [0.1, 0.15) is 49.9 Å². The predicted molar refractivity (Wildman–Crippen MR) is 93.8 cm³/mol. The molecular formula is C19H25F2N3. The molecule has 1 aliphatic heterocycles. The van der Waals surface area contributed by atoms with Gasteiger partial charge in [-0.2, -0.15) is 5.10 Å². The van der Waals surface area contributed by atoms with E-state index in [1.807, 2.05) is 20.0 Å². The summed E-state index contributed by atoms with van der Waals surface area (Å²) in [5, 5.41) is 4.22. The van der Waals surface area contributed by atoms with Gasteiger partial charge in [-0.25, -0.2) is 8.78 Å². The number of hydrogen-bond donors (Lipinski definition) is 0. The smallest absolute Gasteiger partial charge is 0.264 e. The highest BCUT2D eigenvalue weighted by Crippen LogP contribution is 2.41. The molecule has 1 aromatic carbocycles. The molecule has 130 valence electrons. The van der Waals surface area contributed by atoms with Crippen LogP contribution in [0.15, 0.2) is 18.3 Å². The van der Waals surface area contributed by atoms with Gasteiger partial charge in [0.05, 0.1) is 6.20 Å². The third-order valence-corrected chi connectivity index (χ3v) is 5.18. The zero-order chi connectivity index (χ0) is 17.4. The number of aromatic nitrogens is 2. The molecule has 5 heteroatoms. The second kappa shape index (κ2) is 6.54. The third kappa shape index (κ3) is 2.80. The zero-order valence-electron chi connectivity index (χ0n) is 14.8. The lowest BCUT2D eigenvalue weighted by molar-refractivity contribution is 0.152. The molecule has 24 heavy (non-hydrogen) atoms. The summed E-state index contributed by atoms with van der Waals surface area (Å²) in [5.41, 5.74) is 4.60. The first-order valence-electron chi connectivity index (χ1n) is 8.64. The van der Waals surface area contributed by atoms with Gasteiger partial charge < -0.3 is 4.90 Å². The van der Waals surface area contributed by atoms with Gasteiger partial charge in [0.15, 0.2) is 0 Å². The maximum atomic E-state index is 13.8. The Hall–Kier alpha value is -1.91. The minimum Gasteiger partial charge on any atom is -0.368 e. The van der Waals surface area contributed by atoms with Gasteiger partial charge in [0.2, 0.25) is 0 Å². The number of alkyl halides is 2. The molecule has 0 radical (unpaired) electrons. The number of halogens is 2. The fraction of sp³-hybridized carbons (Fsp3) is 0.526. The summed E-state index contributed by atoms with van der Waals surface area (Å²) in [6.07, 6.45) is 2.29. The van der Waals surface area contributed by atoms with E-state index in [9.17, 15) is 8.78 Å². The molecule has 0 aliphatic carbocycles. The van der Waals surface area contributed by atoms with Crippen LogP contribution in [0.3, 0.4) is 0 Å². The fourth-order valence-electron chi connectivity index (χ4n) is 3.69. The lowest BCUT2D eigenvalue weighted by atomic mass is 9.96. The monoisotopic (exact) mass is 333 g/mol. The van der Waals surface area contributed by atoms with Crippen molar-refractivity contribution in [3.63, 3.8) is 0 Å². The van der Waals surface area contributed by atoms with Gasteiger partial charge in [0.1, 0.15) is 0 Å². The molecule has 3 rings (SSSR count). The van der Waals surface area contributed by atoms with E-state index in [1.165, 1.54) is 5.56 Å². The number of benzene rings is 1. The molecule has 1 unspecified atom stereocenters. The molecule has 2 aromatic rings. The van der Waals surface area contributed by atoms with Gasteiger partial charge >= 0.3 is 0 Å². The largest absolute Gasteiger partial charge is 0.368 e. The van der Waals surface area contributed by atoms with Crippen molar-refractivity contribution in [2.45, 2.75) is 52.5 Å². The van der Waals surface area contributed by atoms with Crippen molar-refractivity contribution in [2.75, 3.05) is 11.4 Å². The summed E-state index contributed by atoms with van der Waals surface area (Å²) >= 11 is 0. The zero-order valence-corrected chi connectivity index (χ0v) is 14.8. The molecule has 0 bridgehead atoms. The van der Waals surface area contributed by atoms with Crippen molar-refractivity contribution in [3.05, 3.63) is 35.2 Å². The van der Waals surface area contributed by atoms with E-state index in [4.69, 9.17) is 0 Å². The van der Waals surface area contributed by atoms with Crippen LogP contribution in [0.2, 0.25) is 0 Å². The van der Waals surface area contributed by atoms with Gasteiger partial charge in [-0.05, 0) is 49.9 Å². The van der Waals surface area contributed by atoms with Crippen molar-refractivity contribution >= 4 is 5.69 Å². The first-order valence-corrected chi connectivity index (χ1v) is 8.64. The van der Waals surface area contributed by atoms with Crippen LogP contribution < -0.4 is 4.90 Å². The van der Waals surface area contributed by atoms with Gasteiger partial charge in [0.25, 0.3) is 6.43 Å². The maximum Gasteiger partial charge on any atom is 0.264 e. The predicted octanol–water partition coefficient (Wildman–Crippen LogP) is 4.88. The van der Waals surface area contributed by atoms with E-state index in [1.54, 1.807) is 16.9 Å². The molecular weight excluding hydrogens is 308 g/mol. The highest BCUT2D eigenvalue weighted by Gasteiger charge is 2.27. The number of hydrogen-bond acceptors (Lipinski definition) is 2. The standard InChI is InChI=1S/C19H25F2N3/c1-5-6-12(2)24-8-7-14-9-15(16(19(20)21)10-18(14)24)17-11-22-23(4)13(17)3/h9-12,19H,5-8H2,1-4H3. The highest BCUT2D eigenvalue weighted by atomic mass is 19.3. The molecule has 3 nitrogen and oxygen atoms in total. The normalized spacial score (nSPS) is 15.2. The van der Waals surface area contributed by atoms with Crippen LogP contribution in [0, 0.1) is 6.92 Å². The molecule has 1 aliphatic rings. The van der Waals surface area contributed by atoms with Gasteiger partial charge in [-0.3, -0.25) is 4.68 Å². The Morgan fingerprint density at radius 1 is 1.25 bits per heavy atom. The van der Waals surface area contributed by atoms with E-state index < -0.39 is 6.43 Å². The molecule has 0 N–H and O–H groups in total. The van der Waals surface area contributed by atoms with Crippen molar-refractivity contribution in [1.82, 2.24) is 9.78 Å². The second-order valence-electron chi connectivity index (χ2n) is 6.72. The third-order valence-electron chi connectivity index (χ3n) is 5.18. The quantitative estimate of drug-likeness (QED) is 0.777. The van der Waals surface area contributed by atoms with Gasteiger partial charge in [0, 0.05) is 42.1 Å². The van der Waals surface area contributed by atoms with E-state index >= 15 is 0 Å². The van der Waals surface area contributed by atoms with Gasteiger partial charge in [-0.1, -0.05) is 13.3 Å². The van der Waals surface area contributed by atoms with Crippen LogP contribution in [0.25, 0.3) is 11.1 Å². The number of anilines is 1. The van der Waals surface area contributed by atoms with Crippen molar-refractivity contribution in [2.24, 2.45) is 7.05 Å². The summed E-state index contributed by atoms with van der Waals surface area (Å²) in [4.78, 5) is 2.28. The summed E-state index contributed by atoms with van der Waals surface area (Å²) in [6, 6.07) is 4.05. The van der Waals surface area contributed by atoms with E-state index in [0.29, 0.717) is 11.6 Å². The Kier molecular flexibility index (Phi) is 4.61. The average Bonchev–Trinajstić information content (AvgIpc) is 3.10. The van der Waals surface area contributed by atoms with Crippen molar-refractivity contribution in [3.8, 4) is 11.1 Å². The first kappa shape index (κ1) is 16.9. The Morgan fingerprint density at radius 2 is 2.00 bits per heavy atom.